The van der Waals surface area contributed by atoms with E-state index in [9.17, 15) is 9.59 Å². The summed E-state index contributed by atoms with van der Waals surface area (Å²) in [5, 5.41) is 0. The Balaban J connectivity index is 3.17. The molecule has 0 saturated heterocycles. The van der Waals surface area contributed by atoms with Crippen LogP contribution in [-0.4, -0.2) is 26.7 Å². The standard InChI is InChI=1S/C3H3BO3/c4-7-2-3(6)1-5/h1H,2H2. The molecule has 0 fully saturated rings. The highest BCUT2D eigenvalue weighted by Gasteiger charge is 1.92. The lowest BCUT2D eigenvalue weighted by Gasteiger charge is -1.84. The van der Waals surface area contributed by atoms with Gasteiger partial charge in [0.15, 0.2) is 6.29 Å². The Hall–Kier alpha value is -0.635. The van der Waals surface area contributed by atoms with E-state index in [-0.39, 0.29) is 12.9 Å². The van der Waals surface area contributed by atoms with Crippen LogP contribution in [0.2, 0.25) is 0 Å². The van der Waals surface area contributed by atoms with Crippen molar-refractivity contribution >= 4 is 20.1 Å². The van der Waals surface area contributed by atoms with Gasteiger partial charge in [-0.05, 0) is 0 Å². The van der Waals surface area contributed by atoms with E-state index >= 15 is 0 Å². The van der Waals surface area contributed by atoms with Crippen molar-refractivity contribution < 1.29 is 14.2 Å². The third-order valence-corrected chi connectivity index (χ3v) is 0.357. The van der Waals surface area contributed by atoms with Crippen LogP contribution >= 0.6 is 0 Å². The fourth-order valence-electron chi connectivity index (χ4n) is 0.116. The van der Waals surface area contributed by atoms with Crippen LogP contribution in [0.3, 0.4) is 0 Å². The van der Waals surface area contributed by atoms with E-state index in [1.54, 1.807) is 0 Å². The van der Waals surface area contributed by atoms with E-state index in [2.05, 4.69) is 12.7 Å². The highest BCUT2D eigenvalue weighted by atomic mass is 16.4. The Morgan fingerprint density at radius 2 is 2.43 bits per heavy atom. The van der Waals surface area contributed by atoms with Gasteiger partial charge < -0.3 is 4.65 Å². The van der Waals surface area contributed by atoms with Gasteiger partial charge in [0.05, 0.1) is 6.61 Å². The molecular weight excluding hydrogens is 94.8 g/mol. The van der Waals surface area contributed by atoms with Gasteiger partial charge in [-0.15, -0.1) is 0 Å². The zero-order chi connectivity index (χ0) is 5.70. The summed E-state index contributed by atoms with van der Waals surface area (Å²) in [6, 6.07) is 0. The van der Waals surface area contributed by atoms with Crippen molar-refractivity contribution in [3.8, 4) is 0 Å². The van der Waals surface area contributed by atoms with Crippen molar-refractivity contribution in [2.24, 2.45) is 0 Å². The molecule has 3 nitrogen and oxygen atoms in total. The van der Waals surface area contributed by atoms with Crippen LogP contribution in [0.5, 0.6) is 0 Å². The molecule has 0 spiro atoms. The fourth-order valence-corrected chi connectivity index (χ4v) is 0.116. The molecule has 0 bridgehead atoms. The maximum absolute atomic E-state index is 9.84. The lowest BCUT2D eigenvalue weighted by atomic mass is 10.4. The second-order valence-corrected chi connectivity index (χ2v) is 0.895. The summed E-state index contributed by atoms with van der Waals surface area (Å²) < 4.78 is 3.81. The Morgan fingerprint density at radius 3 is 2.57 bits per heavy atom. The molecule has 7 heavy (non-hydrogen) atoms. The summed E-state index contributed by atoms with van der Waals surface area (Å²) in [6.45, 7) is -0.330. The number of aldehydes is 1. The first kappa shape index (κ1) is 6.36. The van der Waals surface area contributed by atoms with Crippen LogP contribution in [0.1, 0.15) is 0 Å². The number of ketones is 1. The molecule has 0 saturated carbocycles. The number of hydrogen-bond acceptors (Lipinski definition) is 3. The van der Waals surface area contributed by atoms with Crippen LogP contribution in [0, 0.1) is 0 Å². The topological polar surface area (TPSA) is 43.4 Å². The largest absolute Gasteiger partial charge is 0.441 e. The quantitative estimate of drug-likeness (QED) is 0.254. The third kappa shape index (κ3) is 3.19. The minimum atomic E-state index is -0.650. The molecule has 0 heterocycles. The predicted molar refractivity (Wildman–Crippen MR) is 22.8 cm³/mol. The minimum Gasteiger partial charge on any atom is -0.441 e. The van der Waals surface area contributed by atoms with E-state index in [4.69, 9.17) is 0 Å². The molecule has 0 aliphatic carbocycles. The monoisotopic (exact) mass is 98.0 g/mol. The van der Waals surface area contributed by atoms with Crippen molar-refractivity contribution in [2.75, 3.05) is 6.61 Å². The molecule has 0 atom stereocenters. The first-order chi connectivity index (χ1) is 3.31. The molecule has 2 radical (unpaired) electrons. The Labute approximate surface area is 42.1 Å². The summed E-state index contributed by atoms with van der Waals surface area (Å²) in [7, 11) is 4.43. The zero-order valence-electron chi connectivity index (χ0n) is 3.59. The van der Waals surface area contributed by atoms with Crippen molar-refractivity contribution in [3.63, 3.8) is 0 Å². The molecule has 4 heteroatoms. The van der Waals surface area contributed by atoms with Gasteiger partial charge in [-0.1, -0.05) is 0 Å². The van der Waals surface area contributed by atoms with E-state index in [0.29, 0.717) is 0 Å². The second-order valence-electron chi connectivity index (χ2n) is 0.895. The van der Waals surface area contributed by atoms with Gasteiger partial charge in [0.1, 0.15) is 0 Å². The molecule has 36 valence electrons. The van der Waals surface area contributed by atoms with E-state index in [1.165, 1.54) is 0 Å². The summed E-state index contributed by atoms with van der Waals surface area (Å²) in [5.74, 6) is -0.650. The predicted octanol–water partition coefficient (Wildman–Crippen LogP) is -1.15. The highest BCUT2D eigenvalue weighted by molar-refractivity contribution is 6.26. The summed E-state index contributed by atoms with van der Waals surface area (Å²) in [4.78, 5) is 19.2. The summed E-state index contributed by atoms with van der Waals surface area (Å²) in [5.41, 5.74) is 0. The number of Topliss-reactive ketones (excluding diaryl/α,β-unsaturated/α-hetero) is 1. The van der Waals surface area contributed by atoms with Gasteiger partial charge >= 0.3 is 0 Å². The number of hydrogen-bond donors (Lipinski definition) is 0. The van der Waals surface area contributed by atoms with E-state index < -0.39 is 5.78 Å². The molecule has 0 amide bonds. The van der Waals surface area contributed by atoms with Gasteiger partial charge in [-0.3, -0.25) is 9.59 Å². The number of carbonyl (C=O) groups is 2. The first-order valence-corrected chi connectivity index (χ1v) is 1.61. The molecular formula is C3H3BO3. The van der Waals surface area contributed by atoms with Gasteiger partial charge in [-0.25, -0.2) is 0 Å². The smallest absolute Gasteiger partial charge is 0.283 e. The fraction of sp³-hybridized carbons (Fsp3) is 0.333. The van der Waals surface area contributed by atoms with Gasteiger partial charge in [0.25, 0.3) is 8.05 Å². The third-order valence-electron chi connectivity index (χ3n) is 0.357. The zero-order valence-corrected chi connectivity index (χ0v) is 3.59. The Morgan fingerprint density at radius 1 is 1.86 bits per heavy atom. The summed E-state index contributed by atoms with van der Waals surface area (Å²) in [6.07, 6.45) is 0.160. The van der Waals surface area contributed by atoms with Crippen molar-refractivity contribution in [1.29, 1.82) is 0 Å². The van der Waals surface area contributed by atoms with Crippen LogP contribution in [0.25, 0.3) is 0 Å². The number of carbonyl (C=O) groups excluding carboxylic acids is 2. The maximum Gasteiger partial charge on any atom is 0.283 e. The van der Waals surface area contributed by atoms with Crippen molar-refractivity contribution in [3.05, 3.63) is 0 Å². The highest BCUT2D eigenvalue weighted by Crippen LogP contribution is 1.63. The average Bonchev–Trinajstić information content (AvgIpc) is 1.68. The molecule has 0 unspecified atom stereocenters. The lowest BCUT2D eigenvalue weighted by Crippen LogP contribution is -2.06. The molecule has 0 aliphatic rings. The summed E-state index contributed by atoms with van der Waals surface area (Å²) >= 11 is 0. The van der Waals surface area contributed by atoms with Crippen LogP contribution in [0.15, 0.2) is 0 Å². The van der Waals surface area contributed by atoms with E-state index in [0.717, 1.165) is 0 Å². The van der Waals surface area contributed by atoms with E-state index in [1.807, 2.05) is 0 Å². The van der Waals surface area contributed by atoms with Gasteiger partial charge in [0.2, 0.25) is 5.78 Å². The van der Waals surface area contributed by atoms with Crippen LogP contribution in [-0.2, 0) is 14.2 Å². The molecule has 0 aromatic rings. The molecule has 0 aromatic carbocycles. The molecule has 0 rings (SSSR count). The molecule has 0 aromatic heterocycles. The molecule has 0 N–H and O–H groups in total. The van der Waals surface area contributed by atoms with Crippen LogP contribution in [0.4, 0.5) is 0 Å². The second kappa shape index (κ2) is 3.55. The van der Waals surface area contributed by atoms with Gasteiger partial charge in [0, 0.05) is 0 Å². The Kier molecular flexibility index (Phi) is 3.23. The molecule has 0 aliphatic heterocycles. The lowest BCUT2D eigenvalue weighted by molar-refractivity contribution is -0.131. The van der Waals surface area contributed by atoms with Crippen LogP contribution < -0.4 is 0 Å². The maximum atomic E-state index is 9.84. The van der Waals surface area contributed by atoms with Gasteiger partial charge in [-0.2, -0.15) is 0 Å². The Bertz CT molecular complexity index is 80.2. The minimum absolute atomic E-state index is 0.160. The average molecular weight is 97.9 g/mol. The van der Waals surface area contributed by atoms with Crippen molar-refractivity contribution in [2.45, 2.75) is 0 Å². The van der Waals surface area contributed by atoms with Crippen molar-refractivity contribution in [1.82, 2.24) is 0 Å². The first-order valence-electron chi connectivity index (χ1n) is 1.61. The normalized spacial score (nSPS) is 8.00. The SMILES string of the molecule is [B]OCC(=O)C=O. The number of rotatable bonds is 3.